The lowest BCUT2D eigenvalue weighted by molar-refractivity contribution is -0.171. The Labute approximate surface area is 108 Å². The summed E-state index contributed by atoms with van der Waals surface area (Å²) in [6, 6.07) is 9.91. The highest BCUT2D eigenvalue weighted by Crippen LogP contribution is 2.30. The van der Waals surface area contributed by atoms with E-state index in [0.29, 0.717) is 6.42 Å². The molecule has 1 rings (SSSR count). The molecule has 0 spiro atoms. The Balaban J connectivity index is 2.69. The van der Waals surface area contributed by atoms with Gasteiger partial charge in [0.2, 0.25) is 0 Å². The maximum atomic E-state index is 11.3. The first kappa shape index (κ1) is 14.7. The van der Waals surface area contributed by atoms with Crippen molar-refractivity contribution in [1.82, 2.24) is 0 Å². The maximum absolute atomic E-state index is 11.3. The number of hydrogen-bond donors (Lipinski definition) is 2. The van der Waals surface area contributed by atoms with Gasteiger partial charge in [-0.05, 0) is 30.2 Å². The van der Waals surface area contributed by atoms with E-state index in [1.807, 2.05) is 30.3 Å². The Bertz CT molecular complexity index is 386. The number of benzene rings is 1. The number of carboxylic acids is 1. The van der Waals surface area contributed by atoms with Crippen molar-refractivity contribution in [2.24, 2.45) is 11.8 Å². The third-order valence-corrected chi connectivity index (χ3v) is 3.68. The molecule has 2 unspecified atom stereocenters. The minimum absolute atomic E-state index is 0.282. The second-order valence-electron chi connectivity index (χ2n) is 5.21. The van der Waals surface area contributed by atoms with Crippen molar-refractivity contribution in [3.8, 4) is 0 Å². The zero-order valence-electron chi connectivity index (χ0n) is 11.3. The van der Waals surface area contributed by atoms with Gasteiger partial charge in [-0.15, -0.1) is 0 Å². The highest BCUT2D eigenvalue weighted by molar-refractivity contribution is 5.77. The van der Waals surface area contributed by atoms with Gasteiger partial charge in [-0.1, -0.05) is 51.1 Å². The van der Waals surface area contributed by atoms with E-state index < -0.39 is 11.6 Å². The van der Waals surface area contributed by atoms with Crippen molar-refractivity contribution in [3.05, 3.63) is 35.9 Å². The summed E-state index contributed by atoms with van der Waals surface area (Å²) in [7, 11) is 0. The van der Waals surface area contributed by atoms with Crippen LogP contribution in [0.2, 0.25) is 0 Å². The van der Waals surface area contributed by atoms with Crippen LogP contribution in [0.4, 0.5) is 0 Å². The van der Waals surface area contributed by atoms with Crippen molar-refractivity contribution >= 4 is 5.97 Å². The van der Waals surface area contributed by atoms with E-state index in [2.05, 4.69) is 0 Å². The van der Waals surface area contributed by atoms with Crippen LogP contribution in [0.15, 0.2) is 30.3 Å². The smallest absolute Gasteiger partial charge is 0.336 e. The van der Waals surface area contributed by atoms with E-state index >= 15 is 0 Å². The van der Waals surface area contributed by atoms with Gasteiger partial charge in [0.05, 0.1) is 0 Å². The lowest BCUT2D eigenvalue weighted by Crippen LogP contribution is -2.49. The molecule has 0 amide bonds. The molecule has 3 heteroatoms. The average molecular weight is 250 g/mol. The van der Waals surface area contributed by atoms with Gasteiger partial charge in [0.15, 0.2) is 5.60 Å². The summed E-state index contributed by atoms with van der Waals surface area (Å²) >= 11 is 0. The first-order chi connectivity index (χ1) is 8.39. The van der Waals surface area contributed by atoms with Crippen LogP contribution in [0, 0.1) is 11.8 Å². The molecule has 0 fully saturated rings. The lowest BCUT2D eigenvalue weighted by Gasteiger charge is -2.33. The topological polar surface area (TPSA) is 57.5 Å². The number of aliphatic hydroxyl groups is 1. The van der Waals surface area contributed by atoms with Crippen LogP contribution in [0.3, 0.4) is 0 Å². The van der Waals surface area contributed by atoms with Gasteiger partial charge in [0, 0.05) is 0 Å². The van der Waals surface area contributed by atoms with Crippen molar-refractivity contribution in [2.45, 2.75) is 39.2 Å². The van der Waals surface area contributed by atoms with Crippen LogP contribution in [-0.2, 0) is 11.2 Å². The average Bonchev–Trinajstić information content (AvgIpc) is 2.35. The van der Waals surface area contributed by atoms with Crippen molar-refractivity contribution < 1.29 is 15.0 Å². The maximum Gasteiger partial charge on any atom is 0.336 e. The van der Waals surface area contributed by atoms with E-state index in [9.17, 15) is 15.0 Å². The summed E-state index contributed by atoms with van der Waals surface area (Å²) in [5, 5.41) is 19.5. The van der Waals surface area contributed by atoms with Gasteiger partial charge in [-0.3, -0.25) is 0 Å². The van der Waals surface area contributed by atoms with E-state index in [0.717, 1.165) is 6.42 Å². The fraction of sp³-hybridized carbons (Fsp3) is 0.533. The van der Waals surface area contributed by atoms with Crippen molar-refractivity contribution in [3.63, 3.8) is 0 Å². The molecule has 18 heavy (non-hydrogen) atoms. The molecule has 2 atom stereocenters. The summed E-state index contributed by atoms with van der Waals surface area (Å²) < 4.78 is 0. The number of aryl methyl sites for hydroxylation is 1. The van der Waals surface area contributed by atoms with Gasteiger partial charge in [-0.2, -0.15) is 0 Å². The monoisotopic (exact) mass is 250 g/mol. The van der Waals surface area contributed by atoms with Gasteiger partial charge >= 0.3 is 5.97 Å². The molecule has 0 aromatic heterocycles. The van der Waals surface area contributed by atoms with Crippen LogP contribution in [0.1, 0.15) is 32.8 Å². The molecule has 0 bridgehead atoms. The summed E-state index contributed by atoms with van der Waals surface area (Å²) in [5.41, 5.74) is -0.477. The molecule has 0 saturated heterocycles. The van der Waals surface area contributed by atoms with Gasteiger partial charge in [0.1, 0.15) is 0 Å². The Morgan fingerprint density at radius 2 is 1.78 bits per heavy atom. The van der Waals surface area contributed by atoms with Crippen LogP contribution in [0.5, 0.6) is 0 Å². The van der Waals surface area contributed by atoms with E-state index in [4.69, 9.17) is 0 Å². The minimum Gasteiger partial charge on any atom is -0.479 e. The van der Waals surface area contributed by atoms with Gasteiger partial charge < -0.3 is 10.2 Å². The molecule has 0 saturated carbocycles. The summed E-state index contributed by atoms with van der Waals surface area (Å²) in [6.45, 7) is 5.29. The number of carboxylic acid groups (broad SMARTS) is 1. The summed E-state index contributed by atoms with van der Waals surface area (Å²) in [4.78, 5) is 11.3. The highest BCUT2D eigenvalue weighted by atomic mass is 16.4. The Hall–Kier alpha value is -1.35. The number of aliphatic carboxylic acids is 1. The quantitative estimate of drug-likeness (QED) is 0.816. The largest absolute Gasteiger partial charge is 0.479 e. The van der Waals surface area contributed by atoms with Crippen LogP contribution in [0.25, 0.3) is 0 Å². The molecule has 3 nitrogen and oxygen atoms in total. The molecule has 0 heterocycles. The Kier molecular flexibility index (Phi) is 4.91. The van der Waals surface area contributed by atoms with Gasteiger partial charge in [0.25, 0.3) is 0 Å². The zero-order valence-corrected chi connectivity index (χ0v) is 11.3. The molecule has 0 radical (unpaired) electrons. The molecule has 100 valence electrons. The van der Waals surface area contributed by atoms with Crippen LogP contribution in [-0.4, -0.2) is 21.8 Å². The summed E-state index contributed by atoms with van der Waals surface area (Å²) in [5.74, 6) is -1.71. The molecule has 2 N–H and O–H groups in total. The van der Waals surface area contributed by atoms with Gasteiger partial charge in [-0.25, -0.2) is 4.79 Å². The minimum atomic E-state index is -1.64. The third kappa shape index (κ3) is 3.10. The predicted octanol–water partition coefficient (Wildman–Crippen LogP) is 2.73. The molecule has 0 aliphatic rings. The Morgan fingerprint density at radius 3 is 2.22 bits per heavy atom. The molecule has 1 aromatic carbocycles. The zero-order chi connectivity index (χ0) is 13.8. The predicted molar refractivity (Wildman–Crippen MR) is 71.4 cm³/mol. The SMILES string of the molecule is CC(C)C(O)(C(=O)O)C(C)CCc1ccccc1. The van der Waals surface area contributed by atoms with E-state index in [1.54, 1.807) is 20.8 Å². The van der Waals surface area contributed by atoms with Crippen LogP contribution >= 0.6 is 0 Å². The first-order valence-electron chi connectivity index (χ1n) is 6.38. The normalized spacial score (nSPS) is 16.3. The second kappa shape index (κ2) is 6.01. The molecule has 1 aromatic rings. The number of carbonyl (C=O) groups is 1. The van der Waals surface area contributed by atoms with E-state index in [1.165, 1.54) is 5.56 Å². The molecular weight excluding hydrogens is 228 g/mol. The Morgan fingerprint density at radius 1 is 1.22 bits per heavy atom. The lowest BCUT2D eigenvalue weighted by atomic mass is 9.77. The van der Waals surface area contributed by atoms with Crippen molar-refractivity contribution in [2.75, 3.05) is 0 Å². The van der Waals surface area contributed by atoms with Crippen LogP contribution < -0.4 is 0 Å². The fourth-order valence-electron chi connectivity index (χ4n) is 2.27. The number of hydrogen-bond acceptors (Lipinski definition) is 2. The standard InChI is InChI=1S/C15H22O3/c1-11(2)15(18,14(16)17)12(3)9-10-13-7-5-4-6-8-13/h4-8,11-12,18H,9-10H2,1-3H3,(H,16,17). The highest BCUT2D eigenvalue weighted by Gasteiger charge is 2.44. The molecule has 0 aliphatic heterocycles. The molecular formula is C15H22O3. The van der Waals surface area contributed by atoms with Crippen molar-refractivity contribution in [1.29, 1.82) is 0 Å². The van der Waals surface area contributed by atoms with E-state index in [-0.39, 0.29) is 11.8 Å². The second-order valence-corrected chi connectivity index (χ2v) is 5.21. The third-order valence-electron chi connectivity index (χ3n) is 3.68. The molecule has 0 aliphatic carbocycles. The first-order valence-corrected chi connectivity index (χ1v) is 6.38. The fourth-order valence-corrected chi connectivity index (χ4v) is 2.27. The summed E-state index contributed by atoms with van der Waals surface area (Å²) in [6.07, 6.45) is 1.44. The number of rotatable bonds is 6.